The zero-order valence-corrected chi connectivity index (χ0v) is 19.0. The highest BCUT2D eigenvalue weighted by Crippen LogP contribution is 2.29. The van der Waals surface area contributed by atoms with Crippen molar-refractivity contribution in [3.63, 3.8) is 0 Å². The van der Waals surface area contributed by atoms with Crippen molar-refractivity contribution in [1.29, 1.82) is 0 Å². The lowest BCUT2D eigenvalue weighted by atomic mass is 9.96. The van der Waals surface area contributed by atoms with Crippen LogP contribution in [0.2, 0.25) is 0 Å². The molecule has 0 unspecified atom stereocenters. The summed E-state index contributed by atoms with van der Waals surface area (Å²) in [5.74, 6) is 0.673. The molecule has 32 heavy (non-hydrogen) atoms. The normalized spacial score (nSPS) is 14.3. The first-order valence-electron chi connectivity index (χ1n) is 11.1. The van der Waals surface area contributed by atoms with E-state index in [0.29, 0.717) is 12.1 Å². The van der Waals surface area contributed by atoms with E-state index in [2.05, 4.69) is 63.6 Å². The second-order valence-corrected chi connectivity index (χ2v) is 8.43. The molecule has 5 nitrogen and oxygen atoms in total. The summed E-state index contributed by atoms with van der Waals surface area (Å²) in [6, 6.07) is 24.6. The maximum Gasteiger partial charge on any atom is 0.251 e. The number of nitrogens with zero attached hydrogens (tertiary/aromatic N) is 2. The van der Waals surface area contributed by atoms with Gasteiger partial charge in [-0.25, -0.2) is 0 Å². The number of ether oxygens (including phenoxy) is 1. The molecule has 1 aliphatic rings. The Kier molecular flexibility index (Phi) is 6.76. The largest absolute Gasteiger partial charge is 0.497 e. The Morgan fingerprint density at radius 3 is 2.34 bits per heavy atom. The zero-order chi connectivity index (χ0) is 22.5. The molecule has 1 atom stereocenters. The SMILES string of the molecule is COc1ccc(C(=O)NC[C@@H](c2ccc(N(C)C)cc2)N2CCc3ccccc3C2)cc1. The second-order valence-electron chi connectivity index (χ2n) is 8.43. The molecule has 1 N–H and O–H groups in total. The molecule has 0 fully saturated rings. The highest BCUT2D eigenvalue weighted by Gasteiger charge is 2.25. The number of rotatable bonds is 7. The molecule has 0 radical (unpaired) electrons. The maximum absolute atomic E-state index is 12.8. The van der Waals surface area contributed by atoms with Crippen LogP contribution in [0.25, 0.3) is 0 Å². The number of methoxy groups -OCH3 is 1. The maximum atomic E-state index is 12.8. The minimum absolute atomic E-state index is 0.0695. The van der Waals surface area contributed by atoms with Gasteiger partial charge in [0.25, 0.3) is 5.91 Å². The van der Waals surface area contributed by atoms with Crippen molar-refractivity contribution < 1.29 is 9.53 Å². The van der Waals surface area contributed by atoms with Gasteiger partial charge in [-0.1, -0.05) is 36.4 Å². The Labute approximate surface area is 190 Å². The lowest BCUT2D eigenvalue weighted by Crippen LogP contribution is -2.40. The molecule has 1 aliphatic heterocycles. The number of fused-ring (bicyclic) bond motifs is 1. The molecular formula is C27H31N3O2. The van der Waals surface area contributed by atoms with Crippen LogP contribution in [0.15, 0.2) is 72.8 Å². The summed E-state index contributed by atoms with van der Waals surface area (Å²) in [6.07, 6.45) is 1.02. The van der Waals surface area contributed by atoms with Gasteiger partial charge in [-0.15, -0.1) is 0 Å². The van der Waals surface area contributed by atoms with E-state index in [4.69, 9.17) is 4.74 Å². The van der Waals surface area contributed by atoms with E-state index >= 15 is 0 Å². The van der Waals surface area contributed by atoms with Gasteiger partial charge in [-0.2, -0.15) is 0 Å². The third-order valence-electron chi connectivity index (χ3n) is 6.20. The van der Waals surface area contributed by atoms with Crippen molar-refractivity contribution >= 4 is 11.6 Å². The fraction of sp³-hybridized carbons (Fsp3) is 0.296. The minimum Gasteiger partial charge on any atom is -0.497 e. The Bertz CT molecular complexity index is 1050. The molecule has 0 aromatic heterocycles. The average molecular weight is 430 g/mol. The van der Waals surface area contributed by atoms with Crippen molar-refractivity contribution in [2.45, 2.75) is 19.0 Å². The van der Waals surface area contributed by atoms with Gasteiger partial charge in [0.1, 0.15) is 5.75 Å². The number of carbonyl (C=O) groups excluding carboxylic acids is 1. The molecule has 0 spiro atoms. The van der Waals surface area contributed by atoms with Crippen molar-refractivity contribution in [3.05, 3.63) is 95.1 Å². The van der Waals surface area contributed by atoms with E-state index < -0.39 is 0 Å². The van der Waals surface area contributed by atoms with Crippen LogP contribution in [0.4, 0.5) is 5.69 Å². The van der Waals surface area contributed by atoms with Gasteiger partial charge in [-0.3, -0.25) is 9.69 Å². The number of amides is 1. The molecule has 0 bridgehead atoms. The van der Waals surface area contributed by atoms with E-state index in [0.717, 1.165) is 25.3 Å². The molecular weight excluding hydrogens is 398 g/mol. The highest BCUT2D eigenvalue weighted by atomic mass is 16.5. The molecule has 1 amide bonds. The van der Waals surface area contributed by atoms with Gasteiger partial charge in [0, 0.05) is 45.0 Å². The number of carbonyl (C=O) groups is 1. The Morgan fingerprint density at radius 1 is 1.00 bits per heavy atom. The van der Waals surface area contributed by atoms with Crippen LogP contribution in [-0.4, -0.2) is 45.1 Å². The first-order chi connectivity index (χ1) is 15.5. The molecule has 3 aromatic carbocycles. The molecule has 0 saturated heterocycles. The predicted octanol–water partition coefficient (Wildman–Crippen LogP) is 4.29. The summed E-state index contributed by atoms with van der Waals surface area (Å²) in [5, 5.41) is 3.16. The second kappa shape index (κ2) is 9.88. The van der Waals surface area contributed by atoms with Crippen molar-refractivity contribution in [2.24, 2.45) is 0 Å². The monoisotopic (exact) mass is 429 g/mol. The number of hydrogen-bond acceptors (Lipinski definition) is 4. The smallest absolute Gasteiger partial charge is 0.251 e. The third kappa shape index (κ3) is 4.94. The number of nitrogens with one attached hydrogen (secondary N) is 1. The van der Waals surface area contributed by atoms with E-state index in [1.54, 1.807) is 19.2 Å². The summed E-state index contributed by atoms with van der Waals surface area (Å²) in [5.41, 5.74) is 5.81. The fourth-order valence-corrected chi connectivity index (χ4v) is 4.27. The Morgan fingerprint density at radius 2 is 1.69 bits per heavy atom. The lowest BCUT2D eigenvalue weighted by molar-refractivity contribution is 0.0927. The van der Waals surface area contributed by atoms with Gasteiger partial charge < -0.3 is 15.0 Å². The summed E-state index contributed by atoms with van der Waals surface area (Å²) in [7, 11) is 5.71. The predicted molar refractivity (Wildman–Crippen MR) is 129 cm³/mol. The number of benzene rings is 3. The first kappa shape index (κ1) is 21.9. The Hall–Kier alpha value is -3.31. The van der Waals surface area contributed by atoms with E-state index in [1.165, 1.54) is 22.4 Å². The summed E-state index contributed by atoms with van der Waals surface area (Å²) in [4.78, 5) is 17.4. The summed E-state index contributed by atoms with van der Waals surface area (Å²) in [6.45, 7) is 2.40. The average Bonchev–Trinajstić information content (AvgIpc) is 2.84. The van der Waals surface area contributed by atoms with Crippen molar-refractivity contribution in [1.82, 2.24) is 10.2 Å². The third-order valence-corrected chi connectivity index (χ3v) is 6.20. The van der Waals surface area contributed by atoms with Crippen LogP contribution in [0.3, 0.4) is 0 Å². The van der Waals surface area contributed by atoms with Crippen LogP contribution in [0.1, 0.15) is 33.1 Å². The highest BCUT2D eigenvalue weighted by molar-refractivity contribution is 5.94. The van der Waals surface area contributed by atoms with Crippen molar-refractivity contribution in [3.8, 4) is 5.75 Å². The van der Waals surface area contributed by atoms with Crippen molar-refractivity contribution in [2.75, 3.05) is 39.2 Å². The first-order valence-corrected chi connectivity index (χ1v) is 11.1. The quantitative estimate of drug-likeness (QED) is 0.609. The van der Waals surface area contributed by atoms with E-state index in [9.17, 15) is 4.79 Å². The van der Waals surface area contributed by atoms with Crippen LogP contribution < -0.4 is 15.0 Å². The number of hydrogen-bond donors (Lipinski definition) is 1. The molecule has 5 heteroatoms. The molecule has 0 aliphatic carbocycles. The molecule has 0 saturated carbocycles. The summed E-state index contributed by atoms with van der Waals surface area (Å²) < 4.78 is 5.20. The molecule has 1 heterocycles. The van der Waals surface area contributed by atoms with Gasteiger partial charge in [-0.05, 0) is 59.5 Å². The van der Waals surface area contributed by atoms with Gasteiger partial charge >= 0.3 is 0 Å². The van der Waals surface area contributed by atoms with Gasteiger partial charge in [0.15, 0.2) is 0 Å². The topological polar surface area (TPSA) is 44.8 Å². The van der Waals surface area contributed by atoms with Crippen LogP contribution >= 0.6 is 0 Å². The number of anilines is 1. The minimum atomic E-state index is -0.0695. The van der Waals surface area contributed by atoms with Crippen LogP contribution in [0.5, 0.6) is 5.75 Å². The van der Waals surface area contributed by atoms with E-state index in [1.807, 2.05) is 26.2 Å². The van der Waals surface area contributed by atoms with E-state index in [-0.39, 0.29) is 11.9 Å². The van der Waals surface area contributed by atoms with Crippen LogP contribution in [0, 0.1) is 0 Å². The molecule has 166 valence electrons. The summed E-state index contributed by atoms with van der Waals surface area (Å²) >= 11 is 0. The lowest BCUT2D eigenvalue weighted by Gasteiger charge is -2.36. The van der Waals surface area contributed by atoms with Crippen LogP contribution in [-0.2, 0) is 13.0 Å². The van der Waals surface area contributed by atoms with Gasteiger partial charge in [0.2, 0.25) is 0 Å². The molecule has 3 aromatic rings. The Balaban J connectivity index is 1.54. The zero-order valence-electron chi connectivity index (χ0n) is 19.0. The standard InChI is InChI=1S/C27H31N3O2/c1-29(2)24-12-8-21(9-13-24)26(30-17-16-20-6-4-5-7-23(20)19-30)18-28-27(31)22-10-14-25(32-3)15-11-22/h4-15,26H,16-19H2,1-3H3,(H,28,31)/t26-/m0/s1. The fourth-order valence-electron chi connectivity index (χ4n) is 4.27. The van der Waals surface area contributed by atoms with Gasteiger partial charge in [0.05, 0.1) is 13.2 Å². The molecule has 4 rings (SSSR count).